The molecule has 2 fully saturated rings. The Balaban J connectivity index is 1.43. The molecule has 9 heteroatoms. The summed E-state index contributed by atoms with van der Waals surface area (Å²) in [4.78, 5) is 32.4. The molecule has 0 radical (unpaired) electrons. The van der Waals surface area contributed by atoms with Crippen LogP contribution in [0.5, 0.6) is 0 Å². The van der Waals surface area contributed by atoms with E-state index in [1.54, 1.807) is 50.4 Å². The third kappa shape index (κ3) is 4.26. The summed E-state index contributed by atoms with van der Waals surface area (Å²) in [6.45, 7) is 3.40. The Morgan fingerprint density at radius 2 is 1.90 bits per heavy atom. The standard InChI is InChI=1S/C20H20N2O7/c1-20(2)28-15-14(11-25-18(24)13-7-3-4-9-22-13)26-19(16(15)29-20)27-17(23)12-6-5-8-21-10-12/h3-10,14-16,19H,11H2,1-2H3/t14?,15-,16-,19?/m1/s1. The number of aromatic nitrogens is 2. The lowest BCUT2D eigenvalue weighted by Gasteiger charge is -2.23. The van der Waals surface area contributed by atoms with Gasteiger partial charge in [-0.05, 0) is 38.1 Å². The number of nitrogens with zero attached hydrogens (tertiary/aromatic N) is 2. The van der Waals surface area contributed by atoms with E-state index < -0.39 is 42.3 Å². The third-order valence-corrected chi connectivity index (χ3v) is 4.48. The van der Waals surface area contributed by atoms with Crippen molar-refractivity contribution in [3.05, 3.63) is 60.2 Å². The largest absolute Gasteiger partial charge is 0.458 e. The van der Waals surface area contributed by atoms with E-state index in [1.807, 2.05) is 0 Å². The fourth-order valence-electron chi connectivity index (χ4n) is 3.24. The van der Waals surface area contributed by atoms with Gasteiger partial charge < -0.3 is 23.7 Å². The topological polar surface area (TPSA) is 106 Å². The van der Waals surface area contributed by atoms with E-state index in [4.69, 9.17) is 23.7 Å². The Hall–Kier alpha value is -2.88. The van der Waals surface area contributed by atoms with Crippen molar-refractivity contribution in [3.8, 4) is 0 Å². The maximum Gasteiger partial charge on any atom is 0.357 e. The molecule has 2 aromatic heterocycles. The van der Waals surface area contributed by atoms with E-state index in [1.165, 1.54) is 12.4 Å². The van der Waals surface area contributed by atoms with Crippen LogP contribution in [0, 0.1) is 0 Å². The average Bonchev–Trinajstić information content (AvgIpc) is 3.21. The molecule has 152 valence electrons. The van der Waals surface area contributed by atoms with E-state index in [0.29, 0.717) is 0 Å². The summed E-state index contributed by atoms with van der Waals surface area (Å²) in [7, 11) is 0. The molecule has 0 spiro atoms. The second kappa shape index (κ2) is 7.86. The minimum atomic E-state index is -1.01. The predicted molar refractivity (Wildman–Crippen MR) is 96.7 cm³/mol. The Morgan fingerprint density at radius 3 is 2.62 bits per heavy atom. The molecule has 2 saturated heterocycles. The second-order valence-electron chi connectivity index (χ2n) is 7.07. The maximum absolute atomic E-state index is 12.4. The second-order valence-corrected chi connectivity index (χ2v) is 7.07. The van der Waals surface area contributed by atoms with Crippen LogP contribution < -0.4 is 0 Å². The van der Waals surface area contributed by atoms with Gasteiger partial charge in [-0.1, -0.05) is 6.07 Å². The van der Waals surface area contributed by atoms with Crippen molar-refractivity contribution in [1.29, 1.82) is 0 Å². The van der Waals surface area contributed by atoms with Gasteiger partial charge in [0.15, 0.2) is 11.9 Å². The van der Waals surface area contributed by atoms with Gasteiger partial charge in [0.05, 0.1) is 5.56 Å². The first kappa shape index (κ1) is 19.4. The average molecular weight is 400 g/mol. The molecule has 29 heavy (non-hydrogen) atoms. The van der Waals surface area contributed by atoms with Gasteiger partial charge in [0.25, 0.3) is 0 Å². The molecule has 9 nitrogen and oxygen atoms in total. The summed E-state index contributed by atoms with van der Waals surface area (Å²) >= 11 is 0. The van der Waals surface area contributed by atoms with Crippen molar-refractivity contribution in [1.82, 2.24) is 9.97 Å². The van der Waals surface area contributed by atoms with Crippen LogP contribution in [0.25, 0.3) is 0 Å². The first-order chi connectivity index (χ1) is 13.9. The van der Waals surface area contributed by atoms with Crippen LogP contribution in [0.4, 0.5) is 0 Å². The fourth-order valence-corrected chi connectivity index (χ4v) is 3.24. The number of fused-ring (bicyclic) bond motifs is 1. The molecule has 2 aromatic rings. The molecule has 2 aliphatic rings. The zero-order valence-corrected chi connectivity index (χ0v) is 15.9. The van der Waals surface area contributed by atoms with Gasteiger partial charge in [-0.25, -0.2) is 14.6 Å². The molecule has 0 bridgehead atoms. The normalized spacial score (nSPS) is 27.2. The molecule has 4 rings (SSSR count). The van der Waals surface area contributed by atoms with Gasteiger partial charge in [0, 0.05) is 18.6 Å². The van der Waals surface area contributed by atoms with Crippen LogP contribution in [0.3, 0.4) is 0 Å². The first-order valence-electron chi connectivity index (χ1n) is 9.13. The van der Waals surface area contributed by atoms with Crippen LogP contribution in [0.1, 0.15) is 34.7 Å². The highest BCUT2D eigenvalue weighted by Gasteiger charge is 2.57. The molecule has 0 aromatic carbocycles. The SMILES string of the molecule is CC1(C)O[C@@H]2C(COC(=O)c3ccccn3)OC(OC(=O)c3cccnc3)[C@@H]2O1. The number of pyridine rings is 2. The molecular formula is C20H20N2O7. The summed E-state index contributed by atoms with van der Waals surface area (Å²) in [5, 5.41) is 0. The van der Waals surface area contributed by atoms with Crippen molar-refractivity contribution in [2.45, 2.75) is 44.2 Å². The molecule has 0 N–H and O–H groups in total. The van der Waals surface area contributed by atoms with Crippen LogP contribution in [-0.4, -0.2) is 58.9 Å². The van der Waals surface area contributed by atoms with E-state index in [2.05, 4.69) is 9.97 Å². The van der Waals surface area contributed by atoms with Crippen molar-refractivity contribution in [3.63, 3.8) is 0 Å². The van der Waals surface area contributed by atoms with E-state index >= 15 is 0 Å². The lowest BCUT2D eigenvalue weighted by Crippen LogP contribution is -2.33. The highest BCUT2D eigenvalue weighted by Crippen LogP contribution is 2.39. The number of esters is 2. The van der Waals surface area contributed by atoms with Crippen LogP contribution in [0.15, 0.2) is 48.9 Å². The highest BCUT2D eigenvalue weighted by molar-refractivity contribution is 5.89. The van der Waals surface area contributed by atoms with Crippen LogP contribution in [-0.2, 0) is 23.7 Å². The zero-order chi connectivity index (χ0) is 20.4. The predicted octanol–water partition coefficient (Wildman–Crippen LogP) is 1.74. The molecule has 0 amide bonds. The summed E-state index contributed by atoms with van der Waals surface area (Å²) < 4.78 is 28.3. The maximum atomic E-state index is 12.4. The van der Waals surface area contributed by atoms with E-state index in [-0.39, 0.29) is 17.9 Å². The molecule has 4 heterocycles. The van der Waals surface area contributed by atoms with Gasteiger partial charge in [-0.15, -0.1) is 0 Å². The number of hydrogen-bond acceptors (Lipinski definition) is 9. The van der Waals surface area contributed by atoms with Crippen molar-refractivity contribution in [2.75, 3.05) is 6.61 Å². The minimum absolute atomic E-state index is 0.100. The number of ether oxygens (including phenoxy) is 5. The monoisotopic (exact) mass is 400 g/mol. The van der Waals surface area contributed by atoms with Crippen molar-refractivity contribution in [2.24, 2.45) is 0 Å². The first-order valence-corrected chi connectivity index (χ1v) is 9.13. The lowest BCUT2D eigenvalue weighted by molar-refractivity contribution is -0.223. The van der Waals surface area contributed by atoms with Crippen LogP contribution >= 0.6 is 0 Å². The van der Waals surface area contributed by atoms with Crippen molar-refractivity contribution < 1.29 is 33.3 Å². The van der Waals surface area contributed by atoms with Gasteiger partial charge >= 0.3 is 11.9 Å². The van der Waals surface area contributed by atoms with Gasteiger partial charge in [0.2, 0.25) is 6.29 Å². The molecular weight excluding hydrogens is 380 g/mol. The quantitative estimate of drug-likeness (QED) is 0.694. The smallest absolute Gasteiger partial charge is 0.357 e. The molecule has 2 aliphatic heterocycles. The van der Waals surface area contributed by atoms with E-state index in [9.17, 15) is 9.59 Å². The van der Waals surface area contributed by atoms with Crippen molar-refractivity contribution >= 4 is 11.9 Å². The molecule has 0 aliphatic carbocycles. The summed E-state index contributed by atoms with van der Waals surface area (Å²) in [5.74, 6) is -2.07. The Morgan fingerprint density at radius 1 is 1.07 bits per heavy atom. The Kier molecular flexibility index (Phi) is 5.27. The lowest BCUT2D eigenvalue weighted by atomic mass is 10.1. The van der Waals surface area contributed by atoms with Crippen LogP contribution in [0.2, 0.25) is 0 Å². The van der Waals surface area contributed by atoms with Gasteiger partial charge in [-0.2, -0.15) is 0 Å². The summed E-state index contributed by atoms with van der Waals surface area (Å²) in [6.07, 6.45) is 1.58. The third-order valence-electron chi connectivity index (χ3n) is 4.48. The number of rotatable bonds is 5. The number of carbonyl (C=O) groups is 2. The fraction of sp³-hybridized carbons (Fsp3) is 0.400. The molecule has 4 atom stereocenters. The van der Waals surface area contributed by atoms with Gasteiger partial charge in [-0.3, -0.25) is 4.98 Å². The molecule has 2 unspecified atom stereocenters. The summed E-state index contributed by atoms with van der Waals surface area (Å²) in [6, 6.07) is 8.17. The number of hydrogen-bond donors (Lipinski definition) is 0. The van der Waals surface area contributed by atoms with E-state index in [0.717, 1.165) is 0 Å². The Bertz CT molecular complexity index is 875. The van der Waals surface area contributed by atoms with Gasteiger partial charge in [0.1, 0.15) is 24.5 Å². The molecule has 0 saturated carbocycles. The Labute approximate surface area is 166 Å². The minimum Gasteiger partial charge on any atom is -0.458 e. The summed E-state index contributed by atoms with van der Waals surface area (Å²) in [5.41, 5.74) is 0.473. The number of carbonyl (C=O) groups excluding carboxylic acids is 2. The highest BCUT2D eigenvalue weighted by atomic mass is 16.8. The zero-order valence-electron chi connectivity index (χ0n) is 15.9.